The van der Waals surface area contributed by atoms with Gasteiger partial charge < -0.3 is 25.0 Å². The summed E-state index contributed by atoms with van der Waals surface area (Å²) in [6, 6.07) is 6.43. The van der Waals surface area contributed by atoms with Crippen molar-refractivity contribution < 1.29 is 20.1 Å². The van der Waals surface area contributed by atoms with Crippen molar-refractivity contribution in [2.45, 2.75) is 24.5 Å². The number of nitrogens with zero attached hydrogens (tertiary/aromatic N) is 1. The highest BCUT2D eigenvalue weighted by Gasteiger charge is 2.44. The molecule has 0 amide bonds. The van der Waals surface area contributed by atoms with Crippen LogP contribution in [0.4, 0.5) is 0 Å². The van der Waals surface area contributed by atoms with Crippen molar-refractivity contribution in [3.8, 4) is 0 Å². The van der Waals surface area contributed by atoms with Crippen molar-refractivity contribution >= 4 is 10.9 Å². The molecule has 0 bridgehead atoms. The number of fused-ring (bicyclic) bond motifs is 1. The lowest BCUT2D eigenvalue weighted by Gasteiger charge is -2.16. The molecule has 8 nitrogen and oxygen atoms in total. The van der Waals surface area contributed by atoms with E-state index in [1.807, 2.05) is 0 Å². The van der Waals surface area contributed by atoms with E-state index in [9.17, 15) is 19.8 Å². The Labute approximate surface area is 117 Å². The smallest absolute Gasteiger partial charge is 0.331 e. The van der Waals surface area contributed by atoms with Gasteiger partial charge in [-0.3, -0.25) is 4.79 Å². The fourth-order valence-electron chi connectivity index (χ4n) is 2.50. The topological polar surface area (TPSA) is 125 Å². The maximum Gasteiger partial charge on any atom is 0.331 e. The van der Waals surface area contributed by atoms with E-state index in [1.54, 1.807) is 18.2 Å². The van der Waals surface area contributed by atoms with E-state index in [0.29, 0.717) is 10.1 Å². The molecule has 0 saturated carbocycles. The van der Waals surface area contributed by atoms with Crippen LogP contribution in [0.15, 0.2) is 33.9 Å². The van der Waals surface area contributed by atoms with Crippen molar-refractivity contribution in [3.63, 3.8) is 0 Å². The van der Waals surface area contributed by atoms with E-state index in [-0.39, 0.29) is 5.39 Å². The first-order chi connectivity index (χ1) is 10.0. The Balaban J connectivity index is 2.18. The summed E-state index contributed by atoms with van der Waals surface area (Å²) in [6.07, 6.45) is -5.26. The third-order valence-corrected chi connectivity index (χ3v) is 3.61. The molecule has 1 fully saturated rings. The largest absolute Gasteiger partial charge is 0.394 e. The molecule has 0 unspecified atom stereocenters. The number of nitrogens with one attached hydrogen (secondary N) is 1. The molecule has 0 spiro atoms. The maximum absolute atomic E-state index is 12.4. The highest BCUT2D eigenvalue weighted by atomic mass is 16.6. The second-order valence-electron chi connectivity index (χ2n) is 4.88. The summed E-state index contributed by atoms with van der Waals surface area (Å²) in [5.74, 6) is 0. The van der Waals surface area contributed by atoms with Crippen LogP contribution >= 0.6 is 0 Å². The van der Waals surface area contributed by atoms with E-state index in [4.69, 9.17) is 9.84 Å². The Morgan fingerprint density at radius 1 is 1.19 bits per heavy atom. The average molecular weight is 294 g/mol. The normalized spacial score (nSPS) is 29.1. The SMILES string of the molecule is O=c1[nH]c2ccccc2c(=O)n1[C@@H]1O[C@H](CO)[C@@H](O)[C@H]1O. The predicted octanol–water partition coefficient (Wildman–Crippen LogP) is -1.70. The Morgan fingerprint density at radius 2 is 1.90 bits per heavy atom. The van der Waals surface area contributed by atoms with E-state index < -0.39 is 42.4 Å². The van der Waals surface area contributed by atoms with Crippen LogP contribution < -0.4 is 11.2 Å². The molecule has 1 saturated heterocycles. The number of aromatic amines is 1. The molecule has 0 aliphatic carbocycles. The van der Waals surface area contributed by atoms with Gasteiger partial charge in [0.05, 0.1) is 17.5 Å². The van der Waals surface area contributed by atoms with Crippen molar-refractivity contribution in [1.82, 2.24) is 9.55 Å². The summed E-state index contributed by atoms with van der Waals surface area (Å²) in [5, 5.41) is 29.0. The fourth-order valence-corrected chi connectivity index (χ4v) is 2.50. The second-order valence-corrected chi connectivity index (χ2v) is 4.88. The van der Waals surface area contributed by atoms with Crippen LogP contribution in [-0.4, -0.2) is 49.8 Å². The van der Waals surface area contributed by atoms with Crippen molar-refractivity contribution in [2.24, 2.45) is 0 Å². The van der Waals surface area contributed by atoms with Gasteiger partial charge in [-0.25, -0.2) is 9.36 Å². The number of para-hydroxylation sites is 1. The monoisotopic (exact) mass is 294 g/mol. The number of hydrogen-bond acceptors (Lipinski definition) is 6. The molecule has 1 aliphatic rings. The molecule has 2 aromatic rings. The molecule has 1 aliphatic heterocycles. The lowest BCUT2D eigenvalue weighted by Crippen LogP contribution is -2.42. The highest BCUT2D eigenvalue weighted by molar-refractivity contribution is 5.76. The van der Waals surface area contributed by atoms with Gasteiger partial charge in [-0.2, -0.15) is 0 Å². The standard InChI is InChI=1S/C13H14N2O6/c16-5-8-9(17)10(18)12(21-8)15-11(19)6-3-1-2-4-7(6)14-13(15)20/h1-4,8-10,12,16-18H,5H2,(H,14,20)/t8-,9-,10-,12-/m1/s1. The predicted molar refractivity (Wildman–Crippen MR) is 71.8 cm³/mol. The number of aliphatic hydroxyl groups is 3. The minimum absolute atomic E-state index is 0.259. The molecule has 1 aromatic heterocycles. The summed E-state index contributed by atoms with van der Waals surface area (Å²) in [7, 11) is 0. The van der Waals surface area contributed by atoms with Gasteiger partial charge in [-0.05, 0) is 12.1 Å². The van der Waals surface area contributed by atoms with Gasteiger partial charge in [0.15, 0.2) is 6.23 Å². The van der Waals surface area contributed by atoms with Crippen LogP contribution in [0.25, 0.3) is 10.9 Å². The Hall–Kier alpha value is -2.00. The first-order valence-corrected chi connectivity index (χ1v) is 6.40. The van der Waals surface area contributed by atoms with Crippen LogP contribution in [-0.2, 0) is 4.74 Å². The molecule has 21 heavy (non-hydrogen) atoms. The van der Waals surface area contributed by atoms with Crippen LogP contribution in [0.2, 0.25) is 0 Å². The number of aliphatic hydroxyl groups excluding tert-OH is 3. The number of aromatic nitrogens is 2. The molecule has 4 N–H and O–H groups in total. The summed E-state index contributed by atoms with van der Waals surface area (Å²) < 4.78 is 5.94. The lowest BCUT2D eigenvalue weighted by molar-refractivity contribution is -0.0561. The number of ether oxygens (including phenoxy) is 1. The number of H-pyrrole nitrogens is 1. The van der Waals surface area contributed by atoms with E-state index >= 15 is 0 Å². The average Bonchev–Trinajstić information content (AvgIpc) is 2.75. The molecular formula is C13H14N2O6. The summed E-state index contributed by atoms with van der Waals surface area (Å²) in [4.78, 5) is 27.0. The van der Waals surface area contributed by atoms with Gasteiger partial charge >= 0.3 is 5.69 Å². The molecule has 112 valence electrons. The first kappa shape index (κ1) is 14.0. The van der Waals surface area contributed by atoms with Gasteiger partial charge in [0.2, 0.25) is 0 Å². The lowest BCUT2D eigenvalue weighted by atomic mass is 10.1. The van der Waals surface area contributed by atoms with Crippen molar-refractivity contribution in [1.29, 1.82) is 0 Å². The highest BCUT2D eigenvalue weighted by Crippen LogP contribution is 2.27. The van der Waals surface area contributed by atoms with Crippen molar-refractivity contribution in [2.75, 3.05) is 6.61 Å². The Kier molecular flexibility index (Phi) is 3.38. The molecule has 8 heteroatoms. The van der Waals surface area contributed by atoms with Gasteiger partial charge in [0.25, 0.3) is 5.56 Å². The summed E-state index contributed by atoms with van der Waals surface area (Å²) >= 11 is 0. The van der Waals surface area contributed by atoms with Crippen LogP contribution in [0, 0.1) is 0 Å². The summed E-state index contributed by atoms with van der Waals surface area (Å²) in [6.45, 7) is -0.533. The third-order valence-electron chi connectivity index (χ3n) is 3.61. The fraction of sp³-hybridized carbons (Fsp3) is 0.385. The number of hydrogen-bond donors (Lipinski definition) is 4. The van der Waals surface area contributed by atoms with Crippen LogP contribution in [0.5, 0.6) is 0 Å². The zero-order valence-electron chi connectivity index (χ0n) is 10.8. The van der Waals surface area contributed by atoms with Gasteiger partial charge in [0.1, 0.15) is 18.3 Å². The van der Waals surface area contributed by atoms with Crippen LogP contribution in [0.1, 0.15) is 6.23 Å². The zero-order valence-corrected chi connectivity index (χ0v) is 10.8. The quantitative estimate of drug-likeness (QED) is 0.523. The Morgan fingerprint density at radius 3 is 2.57 bits per heavy atom. The first-order valence-electron chi connectivity index (χ1n) is 6.40. The van der Waals surface area contributed by atoms with E-state index in [0.717, 1.165) is 0 Å². The molecular weight excluding hydrogens is 280 g/mol. The van der Waals surface area contributed by atoms with Crippen LogP contribution in [0.3, 0.4) is 0 Å². The molecule has 0 radical (unpaired) electrons. The molecule has 4 atom stereocenters. The number of benzene rings is 1. The number of rotatable bonds is 2. The third kappa shape index (κ3) is 2.09. The van der Waals surface area contributed by atoms with Gasteiger partial charge in [0, 0.05) is 0 Å². The van der Waals surface area contributed by atoms with Gasteiger partial charge in [-0.1, -0.05) is 12.1 Å². The molecule has 2 heterocycles. The molecule has 3 rings (SSSR count). The molecule has 1 aromatic carbocycles. The van der Waals surface area contributed by atoms with Gasteiger partial charge in [-0.15, -0.1) is 0 Å². The maximum atomic E-state index is 12.4. The van der Waals surface area contributed by atoms with E-state index in [2.05, 4.69) is 4.98 Å². The van der Waals surface area contributed by atoms with Crippen molar-refractivity contribution in [3.05, 3.63) is 45.1 Å². The summed E-state index contributed by atoms with van der Waals surface area (Å²) in [5.41, 5.74) is -1.02. The Bertz CT molecular complexity index is 782. The second kappa shape index (κ2) is 5.08. The van der Waals surface area contributed by atoms with E-state index in [1.165, 1.54) is 6.07 Å². The minimum Gasteiger partial charge on any atom is -0.394 e. The minimum atomic E-state index is -1.48. The zero-order chi connectivity index (χ0) is 15.1.